The molecular formula is C12H8Y2. The van der Waals surface area contributed by atoms with E-state index < -0.39 is 20.0 Å². The average molecular weight is 330 g/mol. The van der Waals surface area contributed by atoms with E-state index in [1.807, 2.05) is 0 Å². The van der Waals surface area contributed by atoms with Crippen LogP contribution in [0.3, 0.4) is 0 Å². The molecule has 0 bridgehead atoms. The van der Waals surface area contributed by atoms with E-state index in [2.05, 4.69) is 48.5 Å². The fraction of sp³-hybridized carbons (Fsp3) is 0. The molecule has 0 fully saturated rings. The maximum absolute atomic E-state index is 2.36. The van der Waals surface area contributed by atoms with E-state index in [1.165, 1.54) is 34.6 Å². The van der Waals surface area contributed by atoms with Crippen LogP contribution in [0, 0.1) is 0 Å². The Bertz CT molecular complexity index is 446. The van der Waals surface area contributed by atoms with Crippen molar-refractivity contribution in [2.45, 2.75) is 0 Å². The summed E-state index contributed by atoms with van der Waals surface area (Å²) in [5.41, 5.74) is 3.08. The van der Waals surface area contributed by atoms with Crippen molar-refractivity contribution in [2.24, 2.45) is 0 Å². The Hall–Kier alpha value is 0.648. The van der Waals surface area contributed by atoms with Crippen LogP contribution in [0.15, 0.2) is 48.5 Å². The number of hydrogen-bond acceptors (Lipinski definition) is 0. The monoisotopic (exact) mass is 330 g/mol. The first-order chi connectivity index (χ1) is 6.88. The molecule has 0 spiro atoms. The van der Waals surface area contributed by atoms with Gasteiger partial charge in [-0.05, 0) is 0 Å². The molecule has 2 aromatic rings. The first-order valence-corrected chi connectivity index (χ1v) is 19.0. The van der Waals surface area contributed by atoms with Gasteiger partial charge in [0.1, 0.15) is 0 Å². The average Bonchev–Trinajstić information content (AvgIpc) is 2.55. The second-order valence-corrected chi connectivity index (χ2v) is 18.8. The van der Waals surface area contributed by atoms with Gasteiger partial charge >= 0.3 is 108 Å². The summed E-state index contributed by atoms with van der Waals surface area (Å²) in [6.45, 7) is 0. The van der Waals surface area contributed by atoms with Crippen LogP contribution in [-0.2, 0) is 43.4 Å². The SMILES string of the molecule is [Y][Y]1[c]2ccccc2-c2cccc[c]21. The van der Waals surface area contributed by atoms with E-state index in [1.54, 1.807) is 4.75 Å². The van der Waals surface area contributed by atoms with E-state index >= 15 is 0 Å². The van der Waals surface area contributed by atoms with Gasteiger partial charge in [0.15, 0.2) is 0 Å². The number of fused-ring (bicyclic) bond motifs is 3. The molecule has 1 aliphatic heterocycles. The molecule has 0 unspecified atom stereocenters. The second-order valence-electron chi connectivity index (χ2n) is 3.65. The molecule has 0 N–H and O–H groups in total. The van der Waals surface area contributed by atoms with Crippen molar-refractivity contribution in [3.05, 3.63) is 48.5 Å². The summed E-state index contributed by atoms with van der Waals surface area (Å²) in [6.07, 6.45) is 0. The Morgan fingerprint density at radius 1 is 0.714 bits per heavy atom. The molecule has 62 valence electrons. The van der Waals surface area contributed by atoms with Crippen molar-refractivity contribution < 1.29 is 43.4 Å². The Morgan fingerprint density at radius 3 is 1.64 bits per heavy atom. The zero-order valence-corrected chi connectivity index (χ0v) is 13.5. The van der Waals surface area contributed by atoms with Crippen LogP contribution in [0.1, 0.15) is 0 Å². The molecule has 0 aromatic heterocycles. The maximum atomic E-state index is 2.36. The summed E-state index contributed by atoms with van der Waals surface area (Å²) in [4.78, 5) is 0. The van der Waals surface area contributed by atoms with E-state index in [4.69, 9.17) is 0 Å². The summed E-state index contributed by atoms with van der Waals surface area (Å²) in [5.74, 6) is 0. The number of hydrogen-bond donors (Lipinski definition) is 0. The number of rotatable bonds is 0. The van der Waals surface area contributed by atoms with Crippen LogP contribution >= 0.6 is 0 Å². The van der Waals surface area contributed by atoms with E-state index in [0.717, 1.165) is 0 Å². The zero-order chi connectivity index (χ0) is 9.54. The van der Waals surface area contributed by atoms with Crippen LogP contribution in [0.4, 0.5) is 0 Å². The van der Waals surface area contributed by atoms with Crippen molar-refractivity contribution in [3.63, 3.8) is 0 Å². The molecule has 0 amide bonds. The van der Waals surface area contributed by atoms with Gasteiger partial charge in [-0.15, -0.1) is 0 Å². The van der Waals surface area contributed by atoms with Crippen molar-refractivity contribution in [2.75, 3.05) is 0 Å². The quantitative estimate of drug-likeness (QED) is 0.690. The third-order valence-corrected chi connectivity index (χ3v) is 19.1. The molecular weight excluding hydrogens is 322 g/mol. The summed E-state index contributed by atoms with van der Waals surface area (Å²) in [7, 11) is 0. The summed E-state index contributed by atoms with van der Waals surface area (Å²) >= 11 is 0.0520. The molecule has 0 saturated carbocycles. The topological polar surface area (TPSA) is 0 Å². The fourth-order valence-corrected chi connectivity index (χ4v) is 15.9. The van der Waals surface area contributed by atoms with Crippen LogP contribution in [0.5, 0.6) is 0 Å². The van der Waals surface area contributed by atoms with Gasteiger partial charge in [-0.3, -0.25) is 0 Å². The Balaban J connectivity index is 2.36. The molecule has 0 saturated heterocycles. The van der Waals surface area contributed by atoms with Crippen molar-refractivity contribution in [1.29, 1.82) is 0 Å². The third-order valence-electron chi connectivity index (χ3n) is 2.88. The fourth-order valence-electron chi connectivity index (χ4n) is 2.19. The predicted octanol–water partition coefficient (Wildman–Crippen LogP) is 1.70. The molecule has 2 aromatic carbocycles. The Morgan fingerprint density at radius 2 is 1.14 bits per heavy atom. The zero-order valence-electron chi connectivity index (χ0n) is 7.77. The van der Waals surface area contributed by atoms with Crippen molar-refractivity contribution in [1.82, 2.24) is 0 Å². The molecule has 0 nitrogen and oxygen atoms in total. The van der Waals surface area contributed by atoms with Gasteiger partial charge in [0, 0.05) is 0 Å². The van der Waals surface area contributed by atoms with Crippen LogP contribution in [0.2, 0.25) is 0 Å². The first kappa shape index (κ1) is 9.84. The third kappa shape index (κ3) is 1.43. The standard InChI is InChI=1S/C12H8.2Y/c1-3-7-11(8-4-1)12-9-5-2-6-10-12;;/h1-7,9H;;. The van der Waals surface area contributed by atoms with Crippen LogP contribution in [-0.4, -0.2) is 0 Å². The molecule has 0 aliphatic carbocycles. The molecule has 0 atom stereocenters. The summed E-state index contributed by atoms with van der Waals surface area (Å²) in [6, 6.07) is 18.0. The van der Waals surface area contributed by atoms with Gasteiger partial charge in [-0.1, -0.05) is 0 Å². The summed E-state index contributed by atoms with van der Waals surface area (Å²) < 4.78 is 3.47. The predicted molar refractivity (Wildman–Crippen MR) is 51.1 cm³/mol. The van der Waals surface area contributed by atoms with Crippen molar-refractivity contribution in [3.8, 4) is 11.1 Å². The summed E-state index contributed by atoms with van der Waals surface area (Å²) in [5, 5.41) is 0. The van der Waals surface area contributed by atoms with Gasteiger partial charge in [0.2, 0.25) is 0 Å². The van der Waals surface area contributed by atoms with E-state index in [-0.39, 0.29) is 0 Å². The Labute approximate surface area is 106 Å². The van der Waals surface area contributed by atoms with E-state index in [0.29, 0.717) is 0 Å². The normalized spacial score (nSPS) is 12.4. The molecule has 14 heavy (non-hydrogen) atoms. The van der Waals surface area contributed by atoms with Gasteiger partial charge < -0.3 is 0 Å². The molecule has 0 radical (unpaired) electrons. The number of benzene rings is 2. The second kappa shape index (κ2) is 3.90. The van der Waals surface area contributed by atoms with Gasteiger partial charge in [0.25, 0.3) is 0 Å². The molecule has 2 heteroatoms. The minimum atomic E-state index is -1.43. The Kier molecular flexibility index (Phi) is 2.75. The molecule has 1 aliphatic rings. The molecule has 3 rings (SSSR count). The van der Waals surface area contributed by atoms with Crippen LogP contribution in [0.25, 0.3) is 11.1 Å². The van der Waals surface area contributed by atoms with Gasteiger partial charge in [-0.2, -0.15) is 0 Å². The van der Waals surface area contributed by atoms with E-state index in [9.17, 15) is 0 Å². The van der Waals surface area contributed by atoms with Gasteiger partial charge in [0.05, 0.1) is 0 Å². The minimum absolute atomic E-state index is 1.43. The van der Waals surface area contributed by atoms with Gasteiger partial charge in [-0.25, -0.2) is 0 Å². The van der Waals surface area contributed by atoms with Crippen LogP contribution < -0.4 is 4.75 Å². The van der Waals surface area contributed by atoms with Crippen molar-refractivity contribution >= 4 is 4.75 Å². The molecule has 1 heterocycles. The first-order valence-electron chi connectivity index (χ1n) is 4.82.